The standard InChI is InChI=1S/C13H21BrN2S/c1-4-13(3)9-16(10(2)7-15-13)8-12-11(14)5-6-17-12/h5-6,10,15H,4,7-9H2,1-3H3. The Hall–Kier alpha value is 0.1000. The maximum Gasteiger partial charge on any atom is 0.0343 e. The van der Waals surface area contributed by atoms with Crippen molar-refractivity contribution in [1.29, 1.82) is 0 Å². The third-order valence-corrected chi connectivity index (χ3v) is 5.73. The molecule has 96 valence electrons. The summed E-state index contributed by atoms with van der Waals surface area (Å²) in [6, 6.07) is 2.76. The maximum atomic E-state index is 3.67. The van der Waals surface area contributed by atoms with Crippen molar-refractivity contribution in [1.82, 2.24) is 10.2 Å². The molecular weight excluding hydrogens is 296 g/mol. The zero-order chi connectivity index (χ0) is 12.5. The van der Waals surface area contributed by atoms with Gasteiger partial charge in [0.1, 0.15) is 0 Å². The summed E-state index contributed by atoms with van der Waals surface area (Å²) >= 11 is 5.47. The highest BCUT2D eigenvalue weighted by Crippen LogP contribution is 2.27. The smallest absolute Gasteiger partial charge is 0.0343 e. The van der Waals surface area contributed by atoms with E-state index < -0.39 is 0 Å². The first-order valence-corrected chi connectivity index (χ1v) is 7.92. The van der Waals surface area contributed by atoms with E-state index >= 15 is 0 Å². The van der Waals surface area contributed by atoms with Crippen molar-refractivity contribution >= 4 is 27.3 Å². The molecule has 1 N–H and O–H groups in total. The van der Waals surface area contributed by atoms with Crippen LogP contribution < -0.4 is 5.32 Å². The minimum atomic E-state index is 0.274. The van der Waals surface area contributed by atoms with Gasteiger partial charge in [0.15, 0.2) is 0 Å². The Morgan fingerprint density at radius 1 is 1.65 bits per heavy atom. The highest BCUT2D eigenvalue weighted by atomic mass is 79.9. The predicted molar refractivity (Wildman–Crippen MR) is 78.6 cm³/mol. The zero-order valence-corrected chi connectivity index (χ0v) is 13.2. The number of nitrogens with zero attached hydrogens (tertiary/aromatic N) is 1. The number of halogens is 1. The van der Waals surface area contributed by atoms with Crippen LogP contribution in [-0.2, 0) is 6.54 Å². The topological polar surface area (TPSA) is 15.3 Å². The van der Waals surface area contributed by atoms with E-state index in [0.29, 0.717) is 6.04 Å². The second-order valence-corrected chi connectivity index (χ2v) is 7.10. The van der Waals surface area contributed by atoms with Crippen molar-refractivity contribution in [3.05, 3.63) is 20.8 Å². The van der Waals surface area contributed by atoms with Crippen molar-refractivity contribution in [3.8, 4) is 0 Å². The third kappa shape index (κ3) is 3.11. The molecule has 1 saturated heterocycles. The van der Waals surface area contributed by atoms with Crippen molar-refractivity contribution in [2.45, 2.75) is 45.3 Å². The molecule has 17 heavy (non-hydrogen) atoms. The molecule has 1 aromatic heterocycles. The number of piperazine rings is 1. The Kier molecular flexibility index (Phi) is 4.29. The monoisotopic (exact) mass is 316 g/mol. The highest BCUT2D eigenvalue weighted by molar-refractivity contribution is 9.10. The second-order valence-electron chi connectivity index (χ2n) is 5.24. The first-order chi connectivity index (χ1) is 8.04. The highest BCUT2D eigenvalue weighted by Gasteiger charge is 2.32. The molecule has 4 heteroatoms. The van der Waals surface area contributed by atoms with E-state index in [2.05, 4.69) is 58.4 Å². The molecule has 0 saturated carbocycles. The quantitative estimate of drug-likeness (QED) is 0.918. The van der Waals surface area contributed by atoms with Crippen LogP contribution in [0.4, 0.5) is 0 Å². The molecule has 0 spiro atoms. The van der Waals surface area contributed by atoms with Crippen LogP contribution in [-0.4, -0.2) is 29.6 Å². The lowest BCUT2D eigenvalue weighted by molar-refractivity contribution is 0.0873. The number of hydrogen-bond acceptors (Lipinski definition) is 3. The molecule has 1 aliphatic heterocycles. The average molecular weight is 317 g/mol. The lowest BCUT2D eigenvalue weighted by Crippen LogP contribution is -2.61. The molecule has 2 atom stereocenters. The van der Waals surface area contributed by atoms with E-state index in [1.165, 1.54) is 15.8 Å². The summed E-state index contributed by atoms with van der Waals surface area (Å²) in [6.45, 7) is 10.2. The molecule has 0 aromatic carbocycles. The molecule has 1 aliphatic rings. The third-order valence-electron chi connectivity index (χ3n) is 3.82. The van der Waals surface area contributed by atoms with Crippen molar-refractivity contribution in [3.63, 3.8) is 0 Å². The van der Waals surface area contributed by atoms with E-state index in [9.17, 15) is 0 Å². The van der Waals surface area contributed by atoms with Gasteiger partial charge in [0.05, 0.1) is 0 Å². The summed E-state index contributed by atoms with van der Waals surface area (Å²) in [5, 5.41) is 5.83. The Labute approximate surface area is 117 Å². The van der Waals surface area contributed by atoms with Gasteiger partial charge in [-0.1, -0.05) is 6.92 Å². The fourth-order valence-corrected chi connectivity index (χ4v) is 3.76. The second kappa shape index (κ2) is 5.39. The normalized spacial score (nSPS) is 30.7. The SMILES string of the molecule is CCC1(C)CN(Cc2sccc2Br)C(C)CN1. The molecule has 1 fully saturated rings. The fourth-order valence-electron chi connectivity index (χ4n) is 2.25. The minimum Gasteiger partial charge on any atom is -0.309 e. The van der Waals surface area contributed by atoms with Gasteiger partial charge >= 0.3 is 0 Å². The fraction of sp³-hybridized carbons (Fsp3) is 0.692. The van der Waals surface area contributed by atoms with Crippen LogP contribution >= 0.6 is 27.3 Å². The van der Waals surface area contributed by atoms with Crippen LogP contribution in [0.2, 0.25) is 0 Å². The number of hydrogen-bond donors (Lipinski definition) is 1. The van der Waals surface area contributed by atoms with Gasteiger partial charge in [-0.15, -0.1) is 11.3 Å². The van der Waals surface area contributed by atoms with Crippen molar-refractivity contribution in [2.24, 2.45) is 0 Å². The first-order valence-electron chi connectivity index (χ1n) is 6.25. The lowest BCUT2D eigenvalue weighted by atomic mass is 9.94. The molecule has 0 bridgehead atoms. The molecular formula is C13H21BrN2S. The van der Waals surface area contributed by atoms with Crippen LogP contribution in [0, 0.1) is 0 Å². The summed E-state index contributed by atoms with van der Waals surface area (Å²) in [6.07, 6.45) is 1.18. The van der Waals surface area contributed by atoms with Gasteiger partial charge in [-0.3, -0.25) is 4.90 Å². The van der Waals surface area contributed by atoms with E-state index in [1.807, 2.05) is 11.3 Å². The van der Waals surface area contributed by atoms with Gasteiger partial charge in [0.2, 0.25) is 0 Å². The van der Waals surface area contributed by atoms with Gasteiger partial charge in [-0.25, -0.2) is 0 Å². The van der Waals surface area contributed by atoms with E-state index in [4.69, 9.17) is 0 Å². The number of nitrogens with one attached hydrogen (secondary N) is 1. The van der Waals surface area contributed by atoms with Gasteiger partial charge in [-0.05, 0) is 47.6 Å². The Morgan fingerprint density at radius 3 is 3.00 bits per heavy atom. The summed E-state index contributed by atoms with van der Waals surface area (Å²) in [4.78, 5) is 4.04. The Morgan fingerprint density at radius 2 is 2.41 bits per heavy atom. The summed E-state index contributed by atoms with van der Waals surface area (Å²) in [5.41, 5.74) is 0.274. The number of rotatable bonds is 3. The predicted octanol–water partition coefficient (Wildman–Crippen LogP) is 3.47. The average Bonchev–Trinajstić information content (AvgIpc) is 2.70. The van der Waals surface area contributed by atoms with Gasteiger partial charge in [0, 0.05) is 40.6 Å². The minimum absolute atomic E-state index is 0.274. The molecule has 1 aromatic rings. The van der Waals surface area contributed by atoms with Crippen LogP contribution in [0.1, 0.15) is 32.1 Å². The van der Waals surface area contributed by atoms with E-state index in [0.717, 1.165) is 19.6 Å². The zero-order valence-electron chi connectivity index (χ0n) is 10.8. The maximum absolute atomic E-state index is 3.67. The largest absolute Gasteiger partial charge is 0.309 e. The van der Waals surface area contributed by atoms with E-state index in [1.54, 1.807) is 0 Å². The summed E-state index contributed by atoms with van der Waals surface area (Å²) in [7, 11) is 0. The molecule has 2 rings (SSSR count). The van der Waals surface area contributed by atoms with Crippen LogP contribution in [0.15, 0.2) is 15.9 Å². The summed E-state index contributed by atoms with van der Waals surface area (Å²) < 4.78 is 1.26. The molecule has 2 unspecified atom stereocenters. The number of thiophene rings is 1. The van der Waals surface area contributed by atoms with Gasteiger partial charge in [-0.2, -0.15) is 0 Å². The van der Waals surface area contributed by atoms with Gasteiger partial charge < -0.3 is 5.32 Å². The molecule has 0 aliphatic carbocycles. The van der Waals surface area contributed by atoms with Crippen LogP contribution in [0.5, 0.6) is 0 Å². The first kappa shape index (κ1) is 13.5. The van der Waals surface area contributed by atoms with Crippen molar-refractivity contribution < 1.29 is 0 Å². The Bertz CT molecular complexity index is 379. The summed E-state index contributed by atoms with van der Waals surface area (Å²) in [5.74, 6) is 0. The van der Waals surface area contributed by atoms with Crippen LogP contribution in [0.25, 0.3) is 0 Å². The molecule has 0 radical (unpaired) electrons. The molecule has 2 heterocycles. The van der Waals surface area contributed by atoms with Crippen LogP contribution in [0.3, 0.4) is 0 Å². The molecule has 0 amide bonds. The van der Waals surface area contributed by atoms with Gasteiger partial charge in [0.25, 0.3) is 0 Å². The van der Waals surface area contributed by atoms with E-state index in [-0.39, 0.29) is 5.54 Å². The lowest BCUT2D eigenvalue weighted by Gasteiger charge is -2.44. The Balaban J connectivity index is 2.06. The molecule has 2 nitrogen and oxygen atoms in total. The van der Waals surface area contributed by atoms with Crippen molar-refractivity contribution in [2.75, 3.05) is 13.1 Å².